The summed E-state index contributed by atoms with van der Waals surface area (Å²) in [6, 6.07) is 10.3. The van der Waals surface area contributed by atoms with Gasteiger partial charge in [0.2, 0.25) is 0 Å². The van der Waals surface area contributed by atoms with E-state index in [1.165, 1.54) is 23.3 Å². The first-order chi connectivity index (χ1) is 11.3. The first-order valence-corrected chi connectivity index (χ1v) is 9.20. The summed E-state index contributed by atoms with van der Waals surface area (Å²) in [6.45, 7) is 3.13. The third-order valence-corrected chi connectivity index (χ3v) is 5.45. The molecule has 0 aliphatic carbocycles. The van der Waals surface area contributed by atoms with Gasteiger partial charge in [-0.1, -0.05) is 43.1 Å². The SMILES string of the molecule is CCCC(CCn1cncn1)c1sccc1-c1ccccc1Cl. The fourth-order valence-electron chi connectivity index (χ4n) is 2.93. The van der Waals surface area contributed by atoms with E-state index in [1.54, 1.807) is 12.7 Å². The predicted octanol–water partition coefficient (Wildman–Crippen LogP) is 5.63. The maximum absolute atomic E-state index is 6.41. The van der Waals surface area contributed by atoms with Crippen molar-refractivity contribution in [1.29, 1.82) is 0 Å². The Hall–Kier alpha value is -1.65. The molecule has 0 aliphatic rings. The summed E-state index contributed by atoms with van der Waals surface area (Å²) in [5.41, 5.74) is 2.41. The number of hydrogen-bond acceptors (Lipinski definition) is 3. The van der Waals surface area contributed by atoms with Gasteiger partial charge in [-0.15, -0.1) is 11.3 Å². The Balaban J connectivity index is 1.85. The number of benzene rings is 1. The highest BCUT2D eigenvalue weighted by Crippen LogP contribution is 2.40. The van der Waals surface area contributed by atoms with Crippen molar-refractivity contribution in [3.05, 3.63) is 58.3 Å². The predicted molar refractivity (Wildman–Crippen MR) is 97.1 cm³/mol. The molecule has 5 heteroatoms. The highest BCUT2D eigenvalue weighted by molar-refractivity contribution is 7.10. The highest BCUT2D eigenvalue weighted by atomic mass is 35.5. The average Bonchev–Trinajstić information content (AvgIpc) is 3.23. The third kappa shape index (κ3) is 3.82. The third-order valence-electron chi connectivity index (χ3n) is 4.04. The summed E-state index contributed by atoms with van der Waals surface area (Å²) in [4.78, 5) is 5.45. The van der Waals surface area contributed by atoms with Gasteiger partial charge in [0, 0.05) is 22.0 Å². The minimum atomic E-state index is 0.524. The average molecular weight is 346 g/mol. The van der Waals surface area contributed by atoms with Crippen LogP contribution in [0.25, 0.3) is 11.1 Å². The standard InChI is InChI=1S/C18H20ClN3S/c1-2-5-14(8-10-22-13-20-12-21-22)18-16(9-11-23-18)15-6-3-4-7-17(15)19/h3-4,6-7,9,11-14H,2,5,8,10H2,1H3. The Labute approximate surface area is 146 Å². The van der Waals surface area contributed by atoms with E-state index in [2.05, 4.69) is 34.5 Å². The quantitative estimate of drug-likeness (QED) is 0.555. The molecule has 0 amide bonds. The molecule has 3 nitrogen and oxygen atoms in total. The maximum atomic E-state index is 6.41. The summed E-state index contributed by atoms with van der Waals surface area (Å²) in [5.74, 6) is 0.524. The molecule has 0 saturated carbocycles. The zero-order chi connectivity index (χ0) is 16.1. The van der Waals surface area contributed by atoms with Gasteiger partial charge in [-0.3, -0.25) is 4.68 Å². The van der Waals surface area contributed by atoms with Crippen molar-refractivity contribution in [3.63, 3.8) is 0 Å². The molecular weight excluding hydrogens is 326 g/mol. The largest absolute Gasteiger partial charge is 0.253 e. The molecule has 0 saturated heterocycles. The Morgan fingerprint density at radius 3 is 2.78 bits per heavy atom. The van der Waals surface area contributed by atoms with Crippen molar-refractivity contribution in [2.45, 2.75) is 38.6 Å². The molecule has 1 aromatic carbocycles. The summed E-state index contributed by atoms with van der Waals surface area (Å²) >= 11 is 8.24. The first-order valence-electron chi connectivity index (χ1n) is 7.94. The molecule has 3 aromatic rings. The van der Waals surface area contributed by atoms with Crippen molar-refractivity contribution >= 4 is 22.9 Å². The molecule has 0 aliphatic heterocycles. The Kier molecular flexibility index (Phi) is 5.47. The maximum Gasteiger partial charge on any atom is 0.137 e. The van der Waals surface area contributed by atoms with Crippen LogP contribution in [-0.2, 0) is 6.54 Å². The number of aromatic nitrogens is 3. The van der Waals surface area contributed by atoms with E-state index in [4.69, 9.17) is 11.6 Å². The molecule has 1 unspecified atom stereocenters. The van der Waals surface area contributed by atoms with Crippen LogP contribution in [0.4, 0.5) is 0 Å². The minimum Gasteiger partial charge on any atom is -0.253 e. The Morgan fingerprint density at radius 2 is 2.04 bits per heavy atom. The van der Waals surface area contributed by atoms with Crippen LogP contribution in [0.3, 0.4) is 0 Å². The zero-order valence-electron chi connectivity index (χ0n) is 13.2. The summed E-state index contributed by atoms with van der Waals surface area (Å²) in [6.07, 6.45) is 6.78. The van der Waals surface area contributed by atoms with Crippen molar-refractivity contribution in [1.82, 2.24) is 14.8 Å². The number of nitrogens with zero attached hydrogens (tertiary/aromatic N) is 3. The van der Waals surface area contributed by atoms with E-state index >= 15 is 0 Å². The number of hydrogen-bond donors (Lipinski definition) is 0. The number of aryl methyl sites for hydroxylation is 1. The van der Waals surface area contributed by atoms with Gasteiger partial charge in [0.15, 0.2) is 0 Å². The lowest BCUT2D eigenvalue weighted by Crippen LogP contribution is -2.05. The van der Waals surface area contributed by atoms with Crippen molar-refractivity contribution in [2.75, 3.05) is 0 Å². The van der Waals surface area contributed by atoms with Crippen LogP contribution in [0.1, 0.15) is 37.0 Å². The molecule has 3 rings (SSSR count). The Bertz CT molecular complexity index is 736. The second kappa shape index (κ2) is 7.75. The first kappa shape index (κ1) is 16.2. The topological polar surface area (TPSA) is 30.7 Å². The fraction of sp³-hybridized carbons (Fsp3) is 0.333. The van der Waals surface area contributed by atoms with Crippen LogP contribution in [0.5, 0.6) is 0 Å². The van der Waals surface area contributed by atoms with Crippen LogP contribution in [0, 0.1) is 0 Å². The number of thiophene rings is 1. The number of halogens is 1. The van der Waals surface area contributed by atoms with Crippen molar-refractivity contribution < 1.29 is 0 Å². The normalized spacial score (nSPS) is 12.4. The van der Waals surface area contributed by atoms with Gasteiger partial charge < -0.3 is 0 Å². The molecule has 23 heavy (non-hydrogen) atoms. The van der Waals surface area contributed by atoms with Crippen LogP contribution in [-0.4, -0.2) is 14.8 Å². The summed E-state index contributed by atoms with van der Waals surface area (Å²) in [5, 5.41) is 7.20. The molecule has 0 fully saturated rings. The van der Waals surface area contributed by atoms with Gasteiger partial charge in [-0.05, 0) is 41.8 Å². The van der Waals surface area contributed by atoms with Gasteiger partial charge >= 0.3 is 0 Å². The fourth-order valence-corrected chi connectivity index (χ4v) is 4.25. The number of rotatable bonds is 7. The van der Waals surface area contributed by atoms with E-state index in [-0.39, 0.29) is 0 Å². The lowest BCUT2D eigenvalue weighted by Gasteiger charge is -2.17. The molecule has 120 valence electrons. The molecule has 1 atom stereocenters. The molecule has 0 bridgehead atoms. The summed E-state index contributed by atoms with van der Waals surface area (Å²) < 4.78 is 1.91. The smallest absolute Gasteiger partial charge is 0.137 e. The molecular formula is C18H20ClN3S. The van der Waals surface area contributed by atoms with E-state index in [9.17, 15) is 0 Å². The molecule has 2 heterocycles. The van der Waals surface area contributed by atoms with E-state index in [0.29, 0.717) is 5.92 Å². The highest BCUT2D eigenvalue weighted by Gasteiger charge is 2.18. The minimum absolute atomic E-state index is 0.524. The van der Waals surface area contributed by atoms with Crippen LogP contribution in [0.2, 0.25) is 5.02 Å². The molecule has 2 aromatic heterocycles. The van der Waals surface area contributed by atoms with Crippen molar-refractivity contribution in [2.24, 2.45) is 0 Å². The van der Waals surface area contributed by atoms with Gasteiger partial charge in [0.1, 0.15) is 12.7 Å². The lowest BCUT2D eigenvalue weighted by atomic mass is 9.93. The molecule has 0 N–H and O–H groups in total. The second-order valence-corrected chi connectivity index (χ2v) is 6.97. The zero-order valence-corrected chi connectivity index (χ0v) is 14.7. The van der Waals surface area contributed by atoms with Gasteiger partial charge in [0.05, 0.1) is 0 Å². The van der Waals surface area contributed by atoms with Gasteiger partial charge in [-0.2, -0.15) is 5.10 Å². The van der Waals surface area contributed by atoms with Crippen LogP contribution < -0.4 is 0 Å². The second-order valence-electron chi connectivity index (χ2n) is 5.61. The van der Waals surface area contributed by atoms with E-state index in [1.807, 2.05) is 34.2 Å². The molecule has 0 radical (unpaired) electrons. The van der Waals surface area contributed by atoms with Crippen LogP contribution in [0.15, 0.2) is 48.4 Å². The Morgan fingerprint density at radius 1 is 1.17 bits per heavy atom. The summed E-state index contributed by atoms with van der Waals surface area (Å²) in [7, 11) is 0. The van der Waals surface area contributed by atoms with E-state index in [0.717, 1.165) is 23.6 Å². The van der Waals surface area contributed by atoms with E-state index < -0.39 is 0 Å². The molecule has 0 spiro atoms. The van der Waals surface area contributed by atoms with Gasteiger partial charge in [-0.25, -0.2) is 4.98 Å². The van der Waals surface area contributed by atoms with Gasteiger partial charge in [0.25, 0.3) is 0 Å². The lowest BCUT2D eigenvalue weighted by molar-refractivity contribution is 0.493. The van der Waals surface area contributed by atoms with Crippen molar-refractivity contribution in [3.8, 4) is 11.1 Å². The van der Waals surface area contributed by atoms with Crippen LogP contribution >= 0.6 is 22.9 Å². The monoisotopic (exact) mass is 345 g/mol.